The standard InChI is InChI=1S/C12H14FNO3/c1-16-12(15)10-8-9(13)2-3-11(10)14-4-6-17-7-5-14/h2-3,8H,4-7H2,1H3. The molecule has 1 aromatic rings. The fourth-order valence-electron chi connectivity index (χ4n) is 1.86. The summed E-state index contributed by atoms with van der Waals surface area (Å²) >= 11 is 0. The van der Waals surface area contributed by atoms with Gasteiger partial charge in [0.15, 0.2) is 0 Å². The van der Waals surface area contributed by atoms with Gasteiger partial charge >= 0.3 is 5.97 Å². The number of esters is 1. The third-order valence-electron chi connectivity index (χ3n) is 2.72. The second-order valence-electron chi connectivity index (χ2n) is 3.75. The van der Waals surface area contributed by atoms with Crippen LogP contribution in [0.15, 0.2) is 18.2 Å². The van der Waals surface area contributed by atoms with Crippen LogP contribution in [0.3, 0.4) is 0 Å². The van der Waals surface area contributed by atoms with E-state index < -0.39 is 11.8 Å². The van der Waals surface area contributed by atoms with E-state index in [1.165, 1.54) is 19.2 Å². The number of halogens is 1. The summed E-state index contributed by atoms with van der Waals surface area (Å²) in [5, 5.41) is 0. The second-order valence-corrected chi connectivity index (χ2v) is 3.75. The topological polar surface area (TPSA) is 38.8 Å². The Bertz CT molecular complexity index is 416. The lowest BCUT2D eigenvalue weighted by Crippen LogP contribution is -2.37. The van der Waals surface area contributed by atoms with Gasteiger partial charge in [0.1, 0.15) is 5.82 Å². The lowest BCUT2D eigenvalue weighted by Gasteiger charge is -2.30. The first kappa shape index (κ1) is 11.9. The van der Waals surface area contributed by atoms with E-state index in [2.05, 4.69) is 4.74 Å². The van der Waals surface area contributed by atoms with Crippen LogP contribution in [0.2, 0.25) is 0 Å². The van der Waals surface area contributed by atoms with E-state index in [-0.39, 0.29) is 5.56 Å². The summed E-state index contributed by atoms with van der Waals surface area (Å²) in [6, 6.07) is 4.15. The Morgan fingerprint density at radius 2 is 2.12 bits per heavy atom. The number of nitrogens with zero attached hydrogens (tertiary/aromatic N) is 1. The van der Waals surface area contributed by atoms with Crippen LogP contribution in [-0.2, 0) is 9.47 Å². The molecule has 4 nitrogen and oxygen atoms in total. The molecule has 0 aliphatic carbocycles. The highest BCUT2D eigenvalue weighted by molar-refractivity contribution is 5.95. The minimum atomic E-state index is -0.522. The SMILES string of the molecule is COC(=O)c1cc(F)ccc1N1CCOCC1. The Morgan fingerprint density at radius 1 is 1.41 bits per heavy atom. The van der Waals surface area contributed by atoms with E-state index in [1.807, 2.05) is 4.90 Å². The van der Waals surface area contributed by atoms with Gasteiger partial charge in [0.05, 0.1) is 31.6 Å². The Balaban J connectivity index is 2.34. The first-order chi connectivity index (χ1) is 8.22. The predicted molar refractivity (Wildman–Crippen MR) is 60.8 cm³/mol. The van der Waals surface area contributed by atoms with Crippen molar-refractivity contribution in [2.75, 3.05) is 38.3 Å². The van der Waals surface area contributed by atoms with Crippen molar-refractivity contribution in [2.45, 2.75) is 0 Å². The van der Waals surface area contributed by atoms with Crippen LogP contribution in [0.4, 0.5) is 10.1 Å². The fourth-order valence-corrected chi connectivity index (χ4v) is 1.86. The van der Waals surface area contributed by atoms with Gasteiger partial charge in [-0.05, 0) is 18.2 Å². The first-order valence-electron chi connectivity index (χ1n) is 5.43. The predicted octanol–water partition coefficient (Wildman–Crippen LogP) is 1.45. The smallest absolute Gasteiger partial charge is 0.340 e. The number of carbonyl (C=O) groups is 1. The maximum Gasteiger partial charge on any atom is 0.340 e. The summed E-state index contributed by atoms with van der Waals surface area (Å²) in [6.07, 6.45) is 0. The normalized spacial score (nSPS) is 15.8. The maximum atomic E-state index is 13.2. The van der Waals surface area contributed by atoms with E-state index in [0.29, 0.717) is 32.0 Å². The molecule has 1 aromatic carbocycles. The van der Waals surface area contributed by atoms with Crippen molar-refractivity contribution < 1.29 is 18.7 Å². The van der Waals surface area contributed by atoms with Crippen LogP contribution in [0.1, 0.15) is 10.4 Å². The number of methoxy groups -OCH3 is 1. The Hall–Kier alpha value is -1.62. The summed E-state index contributed by atoms with van der Waals surface area (Å²) in [7, 11) is 1.29. The molecule has 1 aliphatic heterocycles. The average Bonchev–Trinajstić information content (AvgIpc) is 2.38. The van der Waals surface area contributed by atoms with Crippen LogP contribution in [0.25, 0.3) is 0 Å². The molecule has 0 radical (unpaired) electrons. The molecular formula is C12H14FNO3. The highest BCUT2D eigenvalue weighted by Crippen LogP contribution is 2.23. The zero-order chi connectivity index (χ0) is 12.3. The summed E-state index contributed by atoms with van der Waals surface area (Å²) in [5.74, 6) is -0.964. The molecule has 0 amide bonds. The molecule has 0 N–H and O–H groups in total. The summed E-state index contributed by atoms with van der Waals surface area (Å²) in [4.78, 5) is 13.6. The first-order valence-corrected chi connectivity index (χ1v) is 5.43. The Labute approximate surface area is 98.9 Å². The lowest BCUT2D eigenvalue weighted by molar-refractivity contribution is 0.0600. The van der Waals surface area contributed by atoms with Crippen LogP contribution < -0.4 is 4.90 Å². The molecule has 2 rings (SSSR count). The Kier molecular flexibility index (Phi) is 3.58. The number of morpholine rings is 1. The second kappa shape index (κ2) is 5.14. The number of rotatable bonds is 2. The summed E-state index contributed by atoms with van der Waals surface area (Å²) in [6.45, 7) is 2.60. The van der Waals surface area contributed by atoms with E-state index in [0.717, 1.165) is 0 Å². The lowest BCUT2D eigenvalue weighted by atomic mass is 10.1. The van der Waals surface area contributed by atoms with Crippen LogP contribution in [0, 0.1) is 5.82 Å². The van der Waals surface area contributed by atoms with E-state index >= 15 is 0 Å². The monoisotopic (exact) mass is 239 g/mol. The van der Waals surface area contributed by atoms with Gasteiger partial charge < -0.3 is 14.4 Å². The highest BCUT2D eigenvalue weighted by atomic mass is 19.1. The number of hydrogen-bond acceptors (Lipinski definition) is 4. The fraction of sp³-hybridized carbons (Fsp3) is 0.417. The van der Waals surface area contributed by atoms with E-state index in [9.17, 15) is 9.18 Å². The van der Waals surface area contributed by atoms with Crippen molar-refractivity contribution in [1.29, 1.82) is 0 Å². The minimum absolute atomic E-state index is 0.259. The van der Waals surface area contributed by atoms with E-state index in [4.69, 9.17) is 4.74 Å². The van der Waals surface area contributed by atoms with Gasteiger partial charge in [0.25, 0.3) is 0 Å². The van der Waals surface area contributed by atoms with Crippen LogP contribution in [-0.4, -0.2) is 39.4 Å². The quantitative estimate of drug-likeness (QED) is 0.732. The zero-order valence-corrected chi connectivity index (χ0v) is 9.61. The summed E-state index contributed by atoms with van der Waals surface area (Å²) < 4.78 is 23.1. The number of carbonyl (C=O) groups excluding carboxylic acids is 1. The number of benzene rings is 1. The molecule has 0 bridgehead atoms. The highest BCUT2D eigenvalue weighted by Gasteiger charge is 2.19. The molecule has 0 unspecified atom stereocenters. The molecule has 0 aromatic heterocycles. The van der Waals surface area contributed by atoms with Crippen LogP contribution >= 0.6 is 0 Å². The number of ether oxygens (including phenoxy) is 2. The molecule has 1 saturated heterocycles. The van der Waals surface area contributed by atoms with Gasteiger partial charge in [-0.1, -0.05) is 0 Å². The van der Waals surface area contributed by atoms with Crippen LogP contribution in [0.5, 0.6) is 0 Å². The van der Waals surface area contributed by atoms with Gasteiger partial charge in [0.2, 0.25) is 0 Å². The van der Waals surface area contributed by atoms with Gasteiger partial charge in [-0.2, -0.15) is 0 Å². The van der Waals surface area contributed by atoms with Gasteiger partial charge in [-0.15, -0.1) is 0 Å². The molecule has 5 heteroatoms. The molecular weight excluding hydrogens is 225 g/mol. The van der Waals surface area contributed by atoms with E-state index in [1.54, 1.807) is 6.07 Å². The van der Waals surface area contributed by atoms with Gasteiger partial charge in [-0.3, -0.25) is 0 Å². The van der Waals surface area contributed by atoms with Crippen molar-refractivity contribution in [2.24, 2.45) is 0 Å². The van der Waals surface area contributed by atoms with Crippen molar-refractivity contribution in [3.63, 3.8) is 0 Å². The molecule has 1 fully saturated rings. The third kappa shape index (κ3) is 2.55. The molecule has 92 valence electrons. The average molecular weight is 239 g/mol. The Morgan fingerprint density at radius 3 is 2.76 bits per heavy atom. The summed E-state index contributed by atoms with van der Waals surface area (Å²) in [5.41, 5.74) is 0.955. The number of anilines is 1. The van der Waals surface area contributed by atoms with Crippen molar-refractivity contribution in [1.82, 2.24) is 0 Å². The largest absolute Gasteiger partial charge is 0.465 e. The molecule has 1 aliphatic rings. The number of hydrogen-bond donors (Lipinski definition) is 0. The molecule has 0 atom stereocenters. The maximum absolute atomic E-state index is 13.2. The minimum Gasteiger partial charge on any atom is -0.465 e. The molecule has 0 saturated carbocycles. The van der Waals surface area contributed by atoms with Gasteiger partial charge in [-0.25, -0.2) is 9.18 Å². The van der Waals surface area contributed by atoms with Crippen molar-refractivity contribution in [3.8, 4) is 0 Å². The third-order valence-corrected chi connectivity index (χ3v) is 2.72. The van der Waals surface area contributed by atoms with Crippen molar-refractivity contribution >= 4 is 11.7 Å². The van der Waals surface area contributed by atoms with Gasteiger partial charge in [0, 0.05) is 13.1 Å². The zero-order valence-electron chi connectivity index (χ0n) is 9.61. The molecule has 0 spiro atoms. The molecule has 1 heterocycles. The molecule has 17 heavy (non-hydrogen) atoms. The van der Waals surface area contributed by atoms with Crippen molar-refractivity contribution in [3.05, 3.63) is 29.6 Å².